The van der Waals surface area contributed by atoms with E-state index < -0.39 is 0 Å². The maximum absolute atomic E-state index is 12.5. The highest BCUT2D eigenvalue weighted by Gasteiger charge is 2.16. The number of nitrogens with one attached hydrogen (secondary N) is 2. The molecule has 5 rings (SSSR count). The molecular formula is C20H19N5O2S3. The van der Waals surface area contributed by atoms with Gasteiger partial charge < -0.3 is 15.0 Å². The molecule has 1 fully saturated rings. The zero-order valence-corrected chi connectivity index (χ0v) is 18.4. The Labute approximate surface area is 184 Å². The third-order valence-corrected chi connectivity index (χ3v) is 7.86. The number of H-pyrrole nitrogens is 1. The van der Waals surface area contributed by atoms with Gasteiger partial charge in [-0.1, -0.05) is 53.4 Å². The molecule has 0 bridgehead atoms. The van der Waals surface area contributed by atoms with Crippen molar-refractivity contribution in [2.75, 3.05) is 18.5 Å². The average Bonchev–Trinajstić information content (AvgIpc) is 3.52. The summed E-state index contributed by atoms with van der Waals surface area (Å²) in [5.74, 6) is 1.17. The molecule has 0 saturated carbocycles. The van der Waals surface area contributed by atoms with Crippen LogP contribution in [0.15, 0.2) is 45.5 Å². The van der Waals surface area contributed by atoms with Gasteiger partial charge in [0.05, 0.1) is 17.2 Å². The standard InChI is InChI=1S/C20H19N5O2S3/c26-17-14-9-15(12-5-2-1-3-6-12)29-18(14)23-16(22-17)11-28-20-25-24-19(30-20)21-10-13-7-4-8-27-13/h1-3,5-6,9,13H,4,7-8,10-11H2,(H,21,24)(H,22,23,26)/t13-/m0/s1. The van der Waals surface area contributed by atoms with E-state index in [1.165, 1.54) is 34.4 Å². The number of hydrogen-bond acceptors (Lipinski definition) is 9. The monoisotopic (exact) mass is 457 g/mol. The van der Waals surface area contributed by atoms with Crippen LogP contribution in [-0.2, 0) is 10.5 Å². The Bertz CT molecular complexity index is 1200. The van der Waals surface area contributed by atoms with Gasteiger partial charge in [0.25, 0.3) is 5.56 Å². The molecule has 1 aromatic carbocycles. The molecule has 4 heterocycles. The Hall–Kier alpha value is -2.27. The average molecular weight is 458 g/mol. The fraction of sp³-hybridized carbons (Fsp3) is 0.300. The van der Waals surface area contributed by atoms with Crippen molar-refractivity contribution in [3.8, 4) is 10.4 Å². The molecule has 1 atom stereocenters. The van der Waals surface area contributed by atoms with E-state index in [1.54, 1.807) is 0 Å². The molecule has 0 spiro atoms. The van der Waals surface area contributed by atoms with Crippen LogP contribution in [-0.4, -0.2) is 39.4 Å². The number of ether oxygens (including phenoxy) is 1. The number of aromatic nitrogens is 4. The van der Waals surface area contributed by atoms with Gasteiger partial charge in [-0.2, -0.15) is 0 Å². The SMILES string of the molecule is O=c1[nH]c(CSc2nnc(NC[C@@H]3CCCO3)s2)nc2sc(-c3ccccc3)cc12. The van der Waals surface area contributed by atoms with E-state index in [-0.39, 0.29) is 11.7 Å². The Morgan fingerprint density at radius 2 is 2.13 bits per heavy atom. The summed E-state index contributed by atoms with van der Waals surface area (Å²) in [6, 6.07) is 11.9. The molecule has 10 heteroatoms. The Balaban J connectivity index is 1.26. The van der Waals surface area contributed by atoms with Gasteiger partial charge in [-0.05, 0) is 24.5 Å². The lowest BCUT2D eigenvalue weighted by atomic mass is 10.2. The lowest BCUT2D eigenvalue weighted by molar-refractivity contribution is 0.120. The number of thiophene rings is 1. The van der Waals surface area contributed by atoms with Crippen LogP contribution < -0.4 is 10.9 Å². The third kappa shape index (κ3) is 4.41. The second-order valence-corrected chi connectivity index (χ2v) is 10.1. The zero-order chi connectivity index (χ0) is 20.3. The summed E-state index contributed by atoms with van der Waals surface area (Å²) in [7, 11) is 0. The number of benzene rings is 1. The van der Waals surface area contributed by atoms with Crippen LogP contribution in [0.5, 0.6) is 0 Å². The Kier molecular flexibility index (Phi) is 5.80. The number of rotatable bonds is 7. The quantitative estimate of drug-likeness (QED) is 0.398. The number of nitrogens with zero attached hydrogens (tertiary/aromatic N) is 3. The minimum atomic E-state index is -0.106. The predicted octanol–water partition coefficient (Wildman–Crippen LogP) is 4.39. The number of fused-ring (bicyclic) bond motifs is 1. The first-order valence-electron chi connectivity index (χ1n) is 9.64. The third-order valence-electron chi connectivity index (χ3n) is 4.75. The van der Waals surface area contributed by atoms with E-state index in [1.807, 2.05) is 36.4 Å². The van der Waals surface area contributed by atoms with Crippen LogP contribution in [0.4, 0.5) is 5.13 Å². The van der Waals surface area contributed by atoms with Gasteiger partial charge in [-0.3, -0.25) is 4.79 Å². The molecule has 2 N–H and O–H groups in total. The first-order valence-corrected chi connectivity index (χ1v) is 12.3. The lowest BCUT2D eigenvalue weighted by Gasteiger charge is -2.08. The number of hydrogen-bond donors (Lipinski definition) is 2. The summed E-state index contributed by atoms with van der Waals surface area (Å²) in [4.78, 5) is 21.9. The van der Waals surface area contributed by atoms with Crippen molar-refractivity contribution in [1.29, 1.82) is 0 Å². The van der Waals surface area contributed by atoms with Crippen molar-refractivity contribution in [3.05, 3.63) is 52.6 Å². The second kappa shape index (κ2) is 8.84. The van der Waals surface area contributed by atoms with Crippen LogP contribution in [0.2, 0.25) is 0 Å². The minimum absolute atomic E-state index is 0.106. The van der Waals surface area contributed by atoms with Crippen molar-refractivity contribution < 1.29 is 4.74 Å². The first kappa shape index (κ1) is 19.7. The molecule has 0 unspecified atom stereocenters. The van der Waals surface area contributed by atoms with Crippen LogP contribution in [0.1, 0.15) is 18.7 Å². The summed E-state index contributed by atoms with van der Waals surface area (Å²) in [5, 5.41) is 13.1. The van der Waals surface area contributed by atoms with Gasteiger partial charge in [-0.15, -0.1) is 21.5 Å². The van der Waals surface area contributed by atoms with E-state index in [0.29, 0.717) is 17.0 Å². The highest BCUT2D eigenvalue weighted by Crippen LogP contribution is 2.32. The Morgan fingerprint density at radius 1 is 1.23 bits per heavy atom. The molecule has 0 aliphatic carbocycles. The molecule has 0 amide bonds. The summed E-state index contributed by atoms with van der Waals surface area (Å²) in [5.41, 5.74) is 0.984. The Morgan fingerprint density at radius 3 is 2.97 bits per heavy atom. The van der Waals surface area contributed by atoms with E-state index in [9.17, 15) is 4.79 Å². The minimum Gasteiger partial charge on any atom is -0.376 e. The van der Waals surface area contributed by atoms with Gasteiger partial charge in [0.2, 0.25) is 5.13 Å². The topological polar surface area (TPSA) is 92.8 Å². The molecule has 30 heavy (non-hydrogen) atoms. The summed E-state index contributed by atoms with van der Waals surface area (Å²) in [6.45, 7) is 1.60. The van der Waals surface area contributed by atoms with Gasteiger partial charge in [-0.25, -0.2) is 4.98 Å². The van der Waals surface area contributed by atoms with Crippen molar-refractivity contribution in [3.63, 3.8) is 0 Å². The van der Waals surface area contributed by atoms with E-state index in [0.717, 1.165) is 50.7 Å². The molecule has 154 valence electrons. The van der Waals surface area contributed by atoms with Crippen LogP contribution in [0.3, 0.4) is 0 Å². The highest BCUT2D eigenvalue weighted by atomic mass is 32.2. The van der Waals surface area contributed by atoms with Crippen molar-refractivity contribution in [2.45, 2.75) is 29.0 Å². The maximum atomic E-state index is 12.5. The van der Waals surface area contributed by atoms with E-state index in [4.69, 9.17) is 4.74 Å². The zero-order valence-electron chi connectivity index (χ0n) is 16.0. The van der Waals surface area contributed by atoms with Crippen LogP contribution in [0, 0.1) is 0 Å². The summed E-state index contributed by atoms with van der Waals surface area (Å²) in [6.07, 6.45) is 2.47. The smallest absolute Gasteiger partial charge is 0.259 e. The predicted molar refractivity (Wildman–Crippen MR) is 123 cm³/mol. The molecule has 1 aliphatic heterocycles. The molecule has 7 nitrogen and oxygen atoms in total. The normalized spacial score (nSPS) is 16.3. The summed E-state index contributed by atoms with van der Waals surface area (Å²) >= 11 is 4.56. The molecule has 1 saturated heterocycles. The van der Waals surface area contributed by atoms with Crippen molar-refractivity contribution in [1.82, 2.24) is 20.2 Å². The highest BCUT2D eigenvalue weighted by molar-refractivity contribution is 8.00. The molecule has 3 aromatic heterocycles. The van der Waals surface area contributed by atoms with Crippen molar-refractivity contribution in [2.24, 2.45) is 0 Å². The second-order valence-electron chi connectivity index (χ2n) is 6.89. The molecular weight excluding hydrogens is 438 g/mol. The van der Waals surface area contributed by atoms with Gasteiger partial charge in [0.15, 0.2) is 4.34 Å². The first-order chi connectivity index (χ1) is 14.7. The van der Waals surface area contributed by atoms with Crippen LogP contribution in [0.25, 0.3) is 20.7 Å². The van der Waals surface area contributed by atoms with Crippen molar-refractivity contribution >= 4 is 49.8 Å². The lowest BCUT2D eigenvalue weighted by Crippen LogP contribution is -2.18. The fourth-order valence-corrected chi connectivity index (χ4v) is 5.95. The number of aromatic amines is 1. The molecule has 0 radical (unpaired) electrons. The number of thioether (sulfide) groups is 1. The fourth-order valence-electron chi connectivity index (χ4n) is 3.27. The largest absolute Gasteiger partial charge is 0.376 e. The van der Waals surface area contributed by atoms with Gasteiger partial charge in [0.1, 0.15) is 10.7 Å². The van der Waals surface area contributed by atoms with Crippen LogP contribution >= 0.6 is 34.4 Å². The summed E-state index contributed by atoms with van der Waals surface area (Å²) < 4.78 is 6.45. The van der Waals surface area contributed by atoms with Gasteiger partial charge in [0, 0.05) is 18.0 Å². The number of anilines is 1. The van der Waals surface area contributed by atoms with E-state index >= 15 is 0 Å². The van der Waals surface area contributed by atoms with E-state index in [2.05, 4.69) is 25.5 Å². The maximum Gasteiger partial charge on any atom is 0.259 e. The molecule has 4 aromatic rings. The molecule has 1 aliphatic rings. The van der Waals surface area contributed by atoms with Gasteiger partial charge >= 0.3 is 0 Å².